The van der Waals surface area contributed by atoms with Crippen molar-refractivity contribution in [1.82, 2.24) is 4.98 Å². The smallest absolute Gasteiger partial charge is 0.337 e. The zero-order valence-corrected chi connectivity index (χ0v) is 9.15. The zero-order valence-electron chi connectivity index (χ0n) is 8.33. The topological polar surface area (TPSA) is 50.2 Å². The molecule has 0 bridgehead atoms. The standard InChI is InChI=1S/C12H9NO2S/c14-12(15)10-2-1-6-13-11(10)4-3-9-5-7-16-8-9/h1-8H,(H,14,15)/b4-3+. The summed E-state index contributed by atoms with van der Waals surface area (Å²) >= 11 is 1.60. The van der Waals surface area contributed by atoms with E-state index < -0.39 is 5.97 Å². The molecule has 80 valence electrons. The molecule has 4 heteroatoms. The van der Waals surface area contributed by atoms with Crippen LogP contribution in [0.5, 0.6) is 0 Å². The molecule has 0 unspecified atom stereocenters. The van der Waals surface area contributed by atoms with E-state index in [4.69, 9.17) is 5.11 Å². The summed E-state index contributed by atoms with van der Waals surface area (Å²) in [6.07, 6.45) is 5.15. The number of hydrogen-bond acceptors (Lipinski definition) is 3. The third-order valence-corrected chi connectivity index (χ3v) is 2.75. The highest BCUT2D eigenvalue weighted by molar-refractivity contribution is 7.08. The summed E-state index contributed by atoms with van der Waals surface area (Å²) in [5.74, 6) is -0.960. The number of rotatable bonds is 3. The highest BCUT2D eigenvalue weighted by Gasteiger charge is 2.07. The number of nitrogens with zero attached hydrogens (tertiary/aromatic N) is 1. The van der Waals surface area contributed by atoms with Crippen molar-refractivity contribution in [2.75, 3.05) is 0 Å². The van der Waals surface area contributed by atoms with Crippen LogP contribution in [0.4, 0.5) is 0 Å². The first-order valence-corrected chi connectivity index (χ1v) is 5.60. The van der Waals surface area contributed by atoms with Crippen molar-refractivity contribution in [2.45, 2.75) is 0 Å². The van der Waals surface area contributed by atoms with Crippen LogP contribution in [0, 0.1) is 0 Å². The average Bonchev–Trinajstić information content (AvgIpc) is 2.79. The van der Waals surface area contributed by atoms with Crippen LogP contribution in [0.3, 0.4) is 0 Å². The number of aromatic carboxylic acids is 1. The molecule has 0 saturated heterocycles. The number of carbonyl (C=O) groups is 1. The fourth-order valence-electron chi connectivity index (χ4n) is 1.28. The van der Waals surface area contributed by atoms with Crippen LogP contribution in [0.2, 0.25) is 0 Å². The second-order valence-corrected chi connectivity index (χ2v) is 3.91. The van der Waals surface area contributed by atoms with E-state index in [1.165, 1.54) is 0 Å². The lowest BCUT2D eigenvalue weighted by Gasteiger charge is -1.98. The van der Waals surface area contributed by atoms with Crippen LogP contribution in [0.25, 0.3) is 12.2 Å². The summed E-state index contributed by atoms with van der Waals surface area (Å²) in [6.45, 7) is 0. The highest BCUT2D eigenvalue weighted by Crippen LogP contribution is 2.12. The molecule has 0 aliphatic heterocycles. The third-order valence-electron chi connectivity index (χ3n) is 2.05. The van der Waals surface area contributed by atoms with Gasteiger partial charge < -0.3 is 5.11 Å². The maximum atomic E-state index is 10.9. The summed E-state index contributed by atoms with van der Waals surface area (Å²) < 4.78 is 0. The SMILES string of the molecule is O=C(O)c1cccnc1/C=C/c1ccsc1. The molecule has 0 amide bonds. The molecular weight excluding hydrogens is 222 g/mol. The molecule has 0 spiro atoms. The molecule has 2 aromatic heterocycles. The zero-order chi connectivity index (χ0) is 11.4. The average molecular weight is 231 g/mol. The van der Waals surface area contributed by atoms with Gasteiger partial charge in [0.2, 0.25) is 0 Å². The minimum Gasteiger partial charge on any atom is -0.478 e. The van der Waals surface area contributed by atoms with Crippen molar-refractivity contribution < 1.29 is 9.90 Å². The summed E-state index contributed by atoms with van der Waals surface area (Å²) in [6, 6.07) is 5.12. The molecule has 3 nitrogen and oxygen atoms in total. The molecule has 1 N–H and O–H groups in total. The fraction of sp³-hybridized carbons (Fsp3) is 0. The van der Waals surface area contributed by atoms with E-state index in [9.17, 15) is 4.79 Å². The fourth-order valence-corrected chi connectivity index (χ4v) is 1.90. The molecule has 0 atom stereocenters. The Morgan fingerprint density at radius 2 is 2.25 bits per heavy atom. The van der Waals surface area contributed by atoms with Crippen LogP contribution < -0.4 is 0 Å². The second-order valence-electron chi connectivity index (χ2n) is 3.13. The minimum absolute atomic E-state index is 0.217. The normalized spacial score (nSPS) is 10.8. The van der Waals surface area contributed by atoms with Gasteiger partial charge in [-0.2, -0.15) is 11.3 Å². The van der Waals surface area contributed by atoms with Crippen LogP contribution in [-0.4, -0.2) is 16.1 Å². The van der Waals surface area contributed by atoms with Crippen LogP contribution in [0.15, 0.2) is 35.2 Å². The lowest BCUT2D eigenvalue weighted by atomic mass is 10.1. The highest BCUT2D eigenvalue weighted by atomic mass is 32.1. The Balaban J connectivity index is 2.31. The summed E-state index contributed by atoms with van der Waals surface area (Å²) in [5, 5.41) is 12.9. The maximum Gasteiger partial charge on any atom is 0.337 e. The van der Waals surface area contributed by atoms with E-state index in [1.807, 2.05) is 22.9 Å². The maximum absolute atomic E-state index is 10.9. The lowest BCUT2D eigenvalue weighted by molar-refractivity contribution is 0.0696. The Morgan fingerprint density at radius 3 is 2.94 bits per heavy atom. The van der Waals surface area contributed by atoms with Gasteiger partial charge in [-0.3, -0.25) is 4.98 Å². The van der Waals surface area contributed by atoms with E-state index in [1.54, 1.807) is 35.7 Å². The molecule has 0 fully saturated rings. The van der Waals surface area contributed by atoms with Crippen molar-refractivity contribution in [3.05, 3.63) is 52.0 Å². The quantitative estimate of drug-likeness (QED) is 0.883. The van der Waals surface area contributed by atoms with Gasteiger partial charge in [0, 0.05) is 6.20 Å². The van der Waals surface area contributed by atoms with Crippen molar-refractivity contribution in [3.8, 4) is 0 Å². The monoisotopic (exact) mass is 231 g/mol. The molecule has 0 aromatic carbocycles. The van der Waals surface area contributed by atoms with Gasteiger partial charge in [0.15, 0.2) is 0 Å². The molecule has 2 heterocycles. The predicted molar refractivity (Wildman–Crippen MR) is 64.4 cm³/mol. The Bertz CT molecular complexity index is 518. The molecule has 2 rings (SSSR count). The van der Waals surface area contributed by atoms with E-state index in [2.05, 4.69) is 4.98 Å². The van der Waals surface area contributed by atoms with Gasteiger partial charge in [0.25, 0.3) is 0 Å². The third kappa shape index (κ3) is 2.35. The van der Waals surface area contributed by atoms with Crippen LogP contribution >= 0.6 is 11.3 Å². The molecule has 0 saturated carbocycles. The number of hydrogen-bond donors (Lipinski definition) is 1. The predicted octanol–water partition coefficient (Wildman–Crippen LogP) is 3.01. The molecular formula is C12H9NO2S. The van der Waals surface area contributed by atoms with Crippen LogP contribution in [-0.2, 0) is 0 Å². The van der Waals surface area contributed by atoms with E-state index >= 15 is 0 Å². The molecule has 16 heavy (non-hydrogen) atoms. The van der Waals surface area contributed by atoms with Crippen molar-refractivity contribution >= 4 is 29.5 Å². The summed E-state index contributed by atoms with van der Waals surface area (Å²) in [5.41, 5.74) is 1.74. The molecule has 2 aromatic rings. The van der Waals surface area contributed by atoms with Crippen molar-refractivity contribution in [1.29, 1.82) is 0 Å². The number of carboxylic acids is 1. The van der Waals surface area contributed by atoms with Gasteiger partial charge in [0.1, 0.15) is 0 Å². The minimum atomic E-state index is -0.960. The second kappa shape index (κ2) is 4.72. The van der Waals surface area contributed by atoms with Gasteiger partial charge in [-0.15, -0.1) is 0 Å². The van der Waals surface area contributed by atoms with E-state index in [0.717, 1.165) is 5.56 Å². The molecule has 0 radical (unpaired) electrons. The van der Waals surface area contributed by atoms with Crippen LogP contribution in [0.1, 0.15) is 21.6 Å². The first-order chi connectivity index (χ1) is 7.77. The van der Waals surface area contributed by atoms with Crippen molar-refractivity contribution in [2.24, 2.45) is 0 Å². The summed E-state index contributed by atoms with van der Waals surface area (Å²) in [7, 11) is 0. The Kier molecular flexibility index (Phi) is 3.12. The number of aromatic nitrogens is 1. The first-order valence-electron chi connectivity index (χ1n) is 4.66. The Morgan fingerprint density at radius 1 is 1.38 bits per heavy atom. The van der Waals surface area contributed by atoms with Gasteiger partial charge >= 0.3 is 5.97 Å². The van der Waals surface area contributed by atoms with E-state index in [0.29, 0.717) is 5.69 Å². The summed E-state index contributed by atoms with van der Waals surface area (Å²) in [4.78, 5) is 14.9. The number of carboxylic acid groups (broad SMARTS) is 1. The Hall–Kier alpha value is -1.94. The van der Waals surface area contributed by atoms with Gasteiger partial charge in [0.05, 0.1) is 11.3 Å². The largest absolute Gasteiger partial charge is 0.478 e. The van der Waals surface area contributed by atoms with Gasteiger partial charge in [-0.05, 0) is 40.6 Å². The lowest BCUT2D eigenvalue weighted by Crippen LogP contribution is -2.00. The van der Waals surface area contributed by atoms with E-state index in [-0.39, 0.29) is 5.56 Å². The Labute approximate surface area is 96.7 Å². The molecule has 0 aliphatic rings. The number of thiophene rings is 1. The van der Waals surface area contributed by atoms with Crippen molar-refractivity contribution in [3.63, 3.8) is 0 Å². The first kappa shape index (κ1) is 10.6. The number of pyridine rings is 1. The van der Waals surface area contributed by atoms with Gasteiger partial charge in [-0.1, -0.05) is 6.08 Å². The van der Waals surface area contributed by atoms with Gasteiger partial charge in [-0.25, -0.2) is 4.79 Å². The molecule has 0 aliphatic carbocycles.